The maximum Gasteiger partial charge on any atom is 0.229 e. The van der Waals surface area contributed by atoms with Crippen LogP contribution in [-0.2, 0) is 4.79 Å². The Kier molecular flexibility index (Phi) is 2.48. The maximum absolute atomic E-state index is 11.8. The van der Waals surface area contributed by atoms with E-state index in [2.05, 4.69) is 4.98 Å². The molecule has 0 aromatic carbocycles. The number of hydrogen-bond donors (Lipinski definition) is 0. The van der Waals surface area contributed by atoms with Crippen molar-refractivity contribution in [3.8, 4) is 0 Å². The van der Waals surface area contributed by atoms with Crippen molar-refractivity contribution in [2.45, 2.75) is 19.3 Å². The molecule has 1 aliphatic rings. The number of rotatable bonds is 2. The second-order valence-corrected chi connectivity index (χ2v) is 3.74. The largest absolute Gasteiger partial charge is 0.314 e. The summed E-state index contributed by atoms with van der Waals surface area (Å²) in [6.07, 6.45) is 6.71. The summed E-state index contributed by atoms with van der Waals surface area (Å²) in [5, 5.41) is 0. The van der Waals surface area contributed by atoms with Gasteiger partial charge in [0.1, 0.15) is 0 Å². The second kappa shape index (κ2) is 3.78. The Bertz CT molecular complexity index is 319. The second-order valence-electron chi connectivity index (χ2n) is 3.74. The van der Waals surface area contributed by atoms with E-state index in [9.17, 15) is 4.79 Å². The van der Waals surface area contributed by atoms with E-state index in [-0.39, 0.29) is 11.8 Å². The minimum atomic E-state index is 0.226. The number of aromatic nitrogens is 1. The van der Waals surface area contributed by atoms with E-state index in [0.29, 0.717) is 0 Å². The summed E-state index contributed by atoms with van der Waals surface area (Å²) >= 11 is 0. The van der Waals surface area contributed by atoms with Crippen molar-refractivity contribution in [1.82, 2.24) is 4.98 Å². The zero-order valence-corrected chi connectivity index (χ0v) is 8.31. The average Bonchev–Trinajstić information content (AvgIpc) is 2.15. The van der Waals surface area contributed by atoms with Crippen LogP contribution in [0.4, 0.5) is 5.69 Å². The molecule has 0 unspecified atom stereocenters. The van der Waals surface area contributed by atoms with Crippen molar-refractivity contribution in [2.24, 2.45) is 5.92 Å². The van der Waals surface area contributed by atoms with Gasteiger partial charge in [0.25, 0.3) is 0 Å². The molecule has 0 N–H and O–H groups in total. The zero-order chi connectivity index (χ0) is 9.97. The first-order chi connectivity index (χ1) is 6.79. The van der Waals surface area contributed by atoms with Gasteiger partial charge in [0, 0.05) is 19.2 Å². The highest BCUT2D eigenvalue weighted by atomic mass is 16.2. The third-order valence-corrected chi connectivity index (χ3v) is 2.82. The molecule has 3 heteroatoms. The fraction of sp³-hybridized carbons (Fsp3) is 0.455. The molecule has 1 aromatic heterocycles. The molecular formula is C11H14N2O. The molecule has 14 heavy (non-hydrogen) atoms. The Morgan fingerprint density at radius 3 is 2.86 bits per heavy atom. The van der Waals surface area contributed by atoms with Gasteiger partial charge < -0.3 is 4.90 Å². The number of amides is 1. The van der Waals surface area contributed by atoms with Crippen LogP contribution in [-0.4, -0.2) is 17.9 Å². The first-order valence-electron chi connectivity index (χ1n) is 4.96. The van der Waals surface area contributed by atoms with Crippen molar-refractivity contribution in [3.05, 3.63) is 24.5 Å². The Morgan fingerprint density at radius 1 is 1.57 bits per heavy atom. The standard InChI is InChI=1S/C11H14N2O/c1-13(10-6-3-7-12-8-10)11(14)9-4-2-5-9/h3,6-9H,2,4-5H2,1H3. The van der Waals surface area contributed by atoms with Gasteiger partial charge in [-0.1, -0.05) is 6.42 Å². The summed E-state index contributed by atoms with van der Waals surface area (Å²) in [5.74, 6) is 0.476. The predicted octanol–water partition coefficient (Wildman–Crippen LogP) is 1.84. The van der Waals surface area contributed by atoms with E-state index in [1.807, 2.05) is 19.2 Å². The lowest BCUT2D eigenvalue weighted by molar-refractivity contribution is -0.124. The van der Waals surface area contributed by atoms with Crippen LogP contribution in [0.25, 0.3) is 0 Å². The summed E-state index contributed by atoms with van der Waals surface area (Å²) in [6.45, 7) is 0. The molecule has 0 atom stereocenters. The fourth-order valence-corrected chi connectivity index (χ4v) is 1.61. The van der Waals surface area contributed by atoms with Crippen LogP contribution in [0.2, 0.25) is 0 Å². The average molecular weight is 190 g/mol. The summed E-state index contributed by atoms with van der Waals surface area (Å²) in [4.78, 5) is 17.5. The highest BCUT2D eigenvalue weighted by molar-refractivity contribution is 5.94. The van der Waals surface area contributed by atoms with E-state index in [1.165, 1.54) is 6.42 Å². The van der Waals surface area contributed by atoms with E-state index >= 15 is 0 Å². The minimum absolute atomic E-state index is 0.226. The van der Waals surface area contributed by atoms with Gasteiger partial charge in [-0.05, 0) is 25.0 Å². The van der Waals surface area contributed by atoms with Gasteiger partial charge in [0.2, 0.25) is 5.91 Å². The molecule has 0 bridgehead atoms. The number of carbonyl (C=O) groups is 1. The Labute approximate surface area is 83.8 Å². The molecule has 0 aliphatic heterocycles. The number of carbonyl (C=O) groups excluding carboxylic acids is 1. The molecule has 1 aliphatic carbocycles. The SMILES string of the molecule is CN(C(=O)C1CCC1)c1cccnc1. The van der Waals surface area contributed by atoms with Crippen LogP contribution in [0.1, 0.15) is 19.3 Å². The molecule has 1 fully saturated rings. The van der Waals surface area contributed by atoms with Crippen molar-refractivity contribution in [2.75, 3.05) is 11.9 Å². The van der Waals surface area contributed by atoms with Crippen LogP contribution < -0.4 is 4.90 Å². The molecule has 1 saturated carbocycles. The smallest absolute Gasteiger partial charge is 0.229 e. The minimum Gasteiger partial charge on any atom is -0.314 e. The van der Waals surface area contributed by atoms with Gasteiger partial charge in [0.15, 0.2) is 0 Å². The summed E-state index contributed by atoms with van der Waals surface area (Å²) in [6, 6.07) is 3.75. The van der Waals surface area contributed by atoms with Crippen molar-refractivity contribution >= 4 is 11.6 Å². The highest BCUT2D eigenvalue weighted by Gasteiger charge is 2.28. The number of anilines is 1. The van der Waals surface area contributed by atoms with Crippen LogP contribution >= 0.6 is 0 Å². The lowest BCUT2D eigenvalue weighted by Gasteiger charge is -2.28. The summed E-state index contributed by atoms with van der Waals surface area (Å²) < 4.78 is 0. The van der Waals surface area contributed by atoms with Crippen LogP contribution in [0.15, 0.2) is 24.5 Å². The van der Waals surface area contributed by atoms with Crippen LogP contribution in [0.3, 0.4) is 0 Å². The Hall–Kier alpha value is -1.38. The fourth-order valence-electron chi connectivity index (χ4n) is 1.61. The van der Waals surface area contributed by atoms with Gasteiger partial charge in [-0.25, -0.2) is 0 Å². The van der Waals surface area contributed by atoms with Crippen LogP contribution in [0.5, 0.6) is 0 Å². The van der Waals surface area contributed by atoms with Crippen molar-refractivity contribution < 1.29 is 4.79 Å². The van der Waals surface area contributed by atoms with Gasteiger partial charge in [-0.15, -0.1) is 0 Å². The van der Waals surface area contributed by atoms with E-state index < -0.39 is 0 Å². The molecule has 0 saturated heterocycles. The predicted molar refractivity (Wildman–Crippen MR) is 55.0 cm³/mol. The number of nitrogens with zero attached hydrogens (tertiary/aromatic N) is 2. The quantitative estimate of drug-likeness (QED) is 0.713. The Balaban J connectivity index is 2.07. The molecule has 1 heterocycles. The molecule has 2 rings (SSSR count). The lowest BCUT2D eigenvalue weighted by atomic mass is 9.84. The van der Waals surface area contributed by atoms with Gasteiger partial charge in [-0.3, -0.25) is 9.78 Å². The normalized spacial score (nSPS) is 16.1. The molecular weight excluding hydrogens is 176 g/mol. The third kappa shape index (κ3) is 1.62. The molecule has 1 amide bonds. The van der Waals surface area contributed by atoms with Crippen molar-refractivity contribution in [1.29, 1.82) is 0 Å². The molecule has 0 radical (unpaired) electrons. The number of pyridine rings is 1. The first kappa shape index (κ1) is 9.19. The van der Waals surface area contributed by atoms with E-state index in [4.69, 9.17) is 0 Å². The van der Waals surface area contributed by atoms with E-state index in [1.54, 1.807) is 17.3 Å². The van der Waals surface area contributed by atoms with E-state index in [0.717, 1.165) is 18.5 Å². The van der Waals surface area contributed by atoms with Gasteiger partial charge in [-0.2, -0.15) is 0 Å². The summed E-state index contributed by atoms with van der Waals surface area (Å²) in [5.41, 5.74) is 0.879. The van der Waals surface area contributed by atoms with Crippen molar-refractivity contribution in [3.63, 3.8) is 0 Å². The molecule has 3 nitrogen and oxygen atoms in total. The maximum atomic E-state index is 11.8. The third-order valence-electron chi connectivity index (χ3n) is 2.82. The lowest BCUT2D eigenvalue weighted by Crippen LogP contribution is -2.36. The molecule has 74 valence electrons. The van der Waals surface area contributed by atoms with Gasteiger partial charge >= 0.3 is 0 Å². The molecule has 0 spiro atoms. The van der Waals surface area contributed by atoms with Crippen LogP contribution in [0, 0.1) is 5.92 Å². The first-order valence-corrected chi connectivity index (χ1v) is 4.96. The molecule has 1 aromatic rings. The number of hydrogen-bond acceptors (Lipinski definition) is 2. The summed E-state index contributed by atoms with van der Waals surface area (Å²) in [7, 11) is 1.82. The van der Waals surface area contributed by atoms with Gasteiger partial charge in [0.05, 0.1) is 11.9 Å². The topological polar surface area (TPSA) is 33.2 Å². The zero-order valence-electron chi connectivity index (χ0n) is 8.31. The monoisotopic (exact) mass is 190 g/mol. The Morgan fingerprint density at radius 2 is 2.36 bits per heavy atom. The highest BCUT2D eigenvalue weighted by Crippen LogP contribution is 2.29.